The summed E-state index contributed by atoms with van der Waals surface area (Å²) < 4.78 is 5.88. The minimum absolute atomic E-state index is 0.118. The van der Waals surface area contributed by atoms with Crippen LogP contribution in [0, 0.1) is 12.3 Å². The van der Waals surface area contributed by atoms with Crippen molar-refractivity contribution in [2.24, 2.45) is 5.41 Å². The smallest absolute Gasteiger partial charge is 0.263 e. The molecule has 0 aliphatic carbocycles. The predicted octanol–water partition coefficient (Wildman–Crippen LogP) is 4.05. The Bertz CT molecular complexity index is 714. The van der Waals surface area contributed by atoms with Crippen LogP contribution >= 0.6 is 11.3 Å². The van der Waals surface area contributed by atoms with Gasteiger partial charge in [-0.05, 0) is 37.3 Å². The summed E-state index contributed by atoms with van der Waals surface area (Å²) in [5, 5.41) is 8.43. The predicted molar refractivity (Wildman–Crippen MR) is 94.4 cm³/mol. The Labute approximate surface area is 147 Å². The fourth-order valence-electron chi connectivity index (χ4n) is 3.03. The Kier molecular flexibility index (Phi) is 4.76. The third-order valence-electron chi connectivity index (χ3n) is 4.17. The summed E-state index contributed by atoms with van der Waals surface area (Å²) in [7, 11) is 0. The van der Waals surface area contributed by atoms with Crippen molar-refractivity contribution in [1.29, 1.82) is 0 Å². The SMILES string of the molecule is Cc1ccc(C(=O)N2CCCC(c3nnc(CC(C)(C)C)o3)C2)s1. The molecule has 24 heavy (non-hydrogen) atoms. The number of rotatable bonds is 3. The van der Waals surface area contributed by atoms with E-state index in [9.17, 15) is 4.79 Å². The molecular weight excluding hydrogens is 322 g/mol. The number of likely N-dealkylation sites (tertiary alicyclic amines) is 1. The number of aryl methyl sites for hydroxylation is 1. The summed E-state index contributed by atoms with van der Waals surface area (Å²) in [6.07, 6.45) is 2.73. The first-order valence-corrected chi connectivity index (χ1v) is 9.31. The molecule has 1 aliphatic rings. The van der Waals surface area contributed by atoms with Crippen molar-refractivity contribution in [3.63, 3.8) is 0 Å². The number of aromatic nitrogens is 2. The molecular formula is C18H25N3O2S. The molecule has 1 amide bonds. The molecule has 130 valence electrons. The van der Waals surface area contributed by atoms with E-state index in [1.54, 1.807) is 11.3 Å². The first-order chi connectivity index (χ1) is 11.3. The number of piperidine rings is 1. The molecule has 3 rings (SSSR count). The van der Waals surface area contributed by atoms with Crippen molar-refractivity contribution in [1.82, 2.24) is 15.1 Å². The van der Waals surface area contributed by atoms with E-state index in [0.29, 0.717) is 18.3 Å². The van der Waals surface area contributed by atoms with Crippen LogP contribution in [-0.4, -0.2) is 34.1 Å². The molecule has 1 unspecified atom stereocenters. The third kappa shape index (κ3) is 4.04. The van der Waals surface area contributed by atoms with Crippen LogP contribution < -0.4 is 0 Å². The molecule has 5 nitrogen and oxygen atoms in total. The van der Waals surface area contributed by atoms with Gasteiger partial charge in [0.05, 0.1) is 10.8 Å². The average molecular weight is 347 g/mol. The van der Waals surface area contributed by atoms with Crippen molar-refractivity contribution in [2.45, 2.75) is 52.9 Å². The molecule has 1 atom stereocenters. The van der Waals surface area contributed by atoms with Gasteiger partial charge in [-0.3, -0.25) is 4.79 Å². The normalized spacial score (nSPS) is 18.8. The van der Waals surface area contributed by atoms with Crippen LogP contribution in [0.3, 0.4) is 0 Å². The second-order valence-corrected chi connectivity index (χ2v) is 9.06. The molecule has 1 fully saturated rings. The second kappa shape index (κ2) is 6.67. The number of carbonyl (C=O) groups is 1. The Morgan fingerprint density at radius 3 is 2.83 bits per heavy atom. The van der Waals surface area contributed by atoms with E-state index < -0.39 is 0 Å². The van der Waals surface area contributed by atoms with Gasteiger partial charge in [0.1, 0.15) is 0 Å². The Hall–Kier alpha value is -1.69. The average Bonchev–Trinajstić information content (AvgIpc) is 3.14. The summed E-state index contributed by atoms with van der Waals surface area (Å²) in [6, 6.07) is 3.91. The fraction of sp³-hybridized carbons (Fsp3) is 0.611. The van der Waals surface area contributed by atoms with Gasteiger partial charge in [-0.25, -0.2) is 0 Å². The molecule has 0 saturated carbocycles. The number of amides is 1. The van der Waals surface area contributed by atoms with Gasteiger partial charge >= 0.3 is 0 Å². The minimum Gasteiger partial charge on any atom is -0.425 e. The topological polar surface area (TPSA) is 59.2 Å². The van der Waals surface area contributed by atoms with Gasteiger partial charge in [0, 0.05) is 24.4 Å². The summed E-state index contributed by atoms with van der Waals surface area (Å²) >= 11 is 1.55. The monoisotopic (exact) mass is 347 g/mol. The number of hydrogen-bond acceptors (Lipinski definition) is 5. The largest absolute Gasteiger partial charge is 0.425 e. The highest BCUT2D eigenvalue weighted by Gasteiger charge is 2.29. The van der Waals surface area contributed by atoms with E-state index in [-0.39, 0.29) is 17.2 Å². The molecule has 2 aromatic heterocycles. The van der Waals surface area contributed by atoms with Crippen molar-refractivity contribution in [3.05, 3.63) is 33.7 Å². The van der Waals surface area contributed by atoms with Crippen LogP contribution in [0.5, 0.6) is 0 Å². The van der Waals surface area contributed by atoms with Crippen LogP contribution in [0.25, 0.3) is 0 Å². The van der Waals surface area contributed by atoms with Crippen LogP contribution in [0.2, 0.25) is 0 Å². The maximum Gasteiger partial charge on any atom is 0.263 e. The molecule has 0 radical (unpaired) electrons. The minimum atomic E-state index is 0.118. The van der Waals surface area contributed by atoms with E-state index in [2.05, 4.69) is 31.0 Å². The zero-order valence-electron chi connectivity index (χ0n) is 14.8. The number of carbonyl (C=O) groups excluding carboxylic acids is 1. The Morgan fingerprint density at radius 2 is 2.17 bits per heavy atom. The van der Waals surface area contributed by atoms with Gasteiger partial charge in [0.2, 0.25) is 11.8 Å². The van der Waals surface area contributed by atoms with E-state index in [1.807, 2.05) is 24.0 Å². The maximum absolute atomic E-state index is 12.7. The molecule has 3 heterocycles. The summed E-state index contributed by atoms with van der Waals surface area (Å²) in [5.74, 6) is 1.63. The van der Waals surface area contributed by atoms with Crippen LogP contribution in [0.15, 0.2) is 16.5 Å². The first kappa shape index (κ1) is 17.1. The van der Waals surface area contributed by atoms with Gasteiger partial charge in [-0.2, -0.15) is 0 Å². The lowest BCUT2D eigenvalue weighted by Crippen LogP contribution is -2.38. The number of hydrogen-bond donors (Lipinski definition) is 0. The summed E-state index contributed by atoms with van der Waals surface area (Å²) in [4.78, 5) is 16.6. The molecule has 6 heteroatoms. The van der Waals surface area contributed by atoms with Gasteiger partial charge in [-0.1, -0.05) is 20.8 Å². The Balaban J connectivity index is 1.68. The van der Waals surface area contributed by atoms with Crippen LogP contribution in [0.4, 0.5) is 0 Å². The molecule has 0 bridgehead atoms. The number of nitrogens with zero attached hydrogens (tertiary/aromatic N) is 3. The molecule has 2 aromatic rings. The van der Waals surface area contributed by atoms with Crippen LogP contribution in [-0.2, 0) is 6.42 Å². The lowest BCUT2D eigenvalue weighted by Gasteiger charge is -2.30. The van der Waals surface area contributed by atoms with Gasteiger partial charge in [0.15, 0.2) is 0 Å². The number of thiophene rings is 1. The van der Waals surface area contributed by atoms with Crippen molar-refractivity contribution in [3.8, 4) is 0 Å². The molecule has 1 aliphatic heterocycles. The van der Waals surface area contributed by atoms with E-state index in [4.69, 9.17) is 4.42 Å². The maximum atomic E-state index is 12.7. The lowest BCUT2D eigenvalue weighted by molar-refractivity contribution is 0.0702. The quantitative estimate of drug-likeness (QED) is 0.840. The van der Waals surface area contributed by atoms with Crippen molar-refractivity contribution in [2.75, 3.05) is 13.1 Å². The highest BCUT2D eigenvalue weighted by Crippen LogP contribution is 2.29. The molecule has 0 aromatic carbocycles. The van der Waals surface area contributed by atoms with Gasteiger partial charge in [-0.15, -0.1) is 21.5 Å². The van der Waals surface area contributed by atoms with Crippen LogP contribution in [0.1, 0.15) is 65.9 Å². The fourth-order valence-corrected chi connectivity index (χ4v) is 3.86. The second-order valence-electron chi connectivity index (χ2n) is 7.77. The highest BCUT2D eigenvalue weighted by atomic mass is 32.1. The molecule has 0 spiro atoms. The molecule has 0 N–H and O–H groups in total. The highest BCUT2D eigenvalue weighted by molar-refractivity contribution is 7.13. The van der Waals surface area contributed by atoms with Gasteiger partial charge < -0.3 is 9.32 Å². The van der Waals surface area contributed by atoms with Crippen molar-refractivity contribution >= 4 is 17.2 Å². The zero-order chi connectivity index (χ0) is 17.3. The standard InChI is InChI=1S/C18H25N3O2S/c1-12-7-8-14(24-12)17(22)21-9-5-6-13(11-21)16-20-19-15(23-16)10-18(2,3)4/h7-8,13H,5-6,9-11H2,1-4H3. The van der Waals surface area contributed by atoms with Gasteiger partial charge in [0.25, 0.3) is 5.91 Å². The van der Waals surface area contributed by atoms with E-state index in [0.717, 1.165) is 35.6 Å². The molecule has 1 saturated heterocycles. The zero-order valence-corrected chi connectivity index (χ0v) is 15.7. The summed E-state index contributed by atoms with van der Waals surface area (Å²) in [6.45, 7) is 9.94. The van der Waals surface area contributed by atoms with E-state index in [1.165, 1.54) is 0 Å². The third-order valence-corrected chi connectivity index (χ3v) is 5.16. The summed E-state index contributed by atoms with van der Waals surface area (Å²) in [5.41, 5.74) is 0.120. The van der Waals surface area contributed by atoms with Crippen molar-refractivity contribution < 1.29 is 9.21 Å². The lowest BCUT2D eigenvalue weighted by atomic mass is 9.92. The van der Waals surface area contributed by atoms with E-state index >= 15 is 0 Å². The first-order valence-electron chi connectivity index (χ1n) is 8.50. The Morgan fingerprint density at radius 1 is 1.38 bits per heavy atom.